The highest BCUT2D eigenvalue weighted by atomic mass is 32.1. The van der Waals surface area contributed by atoms with E-state index in [2.05, 4.69) is 17.2 Å². The van der Waals surface area contributed by atoms with Crippen molar-refractivity contribution in [2.75, 3.05) is 0 Å². The van der Waals surface area contributed by atoms with E-state index in [-0.39, 0.29) is 11.2 Å². The normalized spacial score (nSPS) is 10.8. The molecular weight excluding hydrogens is 312 g/mol. The first-order valence-corrected chi connectivity index (χ1v) is 8.29. The van der Waals surface area contributed by atoms with Crippen molar-refractivity contribution in [1.29, 1.82) is 0 Å². The second-order valence-corrected chi connectivity index (χ2v) is 6.08. The molecule has 6 heteroatoms. The zero-order valence-electron chi connectivity index (χ0n) is 12.7. The van der Waals surface area contributed by atoms with Gasteiger partial charge in [-0.15, -0.1) is 11.3 Å². The van der Waals surface area contributed by atoms with Gasteiger partial charge < -0.3 is 9.73 Å². The Balaban J connectivity index is 1.74. The standard InChI is InChI=1S/C17H16N2O3S/c1-2-5-16-19-11(10-23-16)9-18-17(21)15-8-13(20)12-6-3-4-7-14(12)22-15/h3-4,6-8,10H,2,5,9H2,1H3,(H,18,21). The molecule has 3 rings (SSSR count). The highest BCUT2D eigenvalue weighted by Gasteiger charge is 2.12. The van der Waals surface area contributed by atoms with Crippen molar-refractivity contribution >= 4 is 28.2 Å². The molecule has 118 valence electrons. The summed E-state index contributed by atoms with van der Waals surface area (Å²) in [5.74, 6) is -0.407. The molecule has 0 bridgehead atoms. The topological polar surface area (TPSA) is 72.2 Å². The lowest BCUT2D eigenvalue weighted by atomic mass is 10.2. The molecule has 2 aromatic heterocycles. The predicted octanol–water partition coefficient (Wildman–Crippen LogP) is 3.13. The molecule has 0 aliphatic carbocycles. The zero-order valence-corrected chi connectivity index (χ0v) is 13.5. The van der Waals surface area contributed by atoms with Crippen LogP contribution in [0.2, 0.25) is 0 Å². The molecule has 1 amide bonds. The first kappa shape index (κ1) is 15.4. The first-order valence-electron chi connectivity index (χ1n) is 7.41. The fourth-order valence-corrected chi connectivity index (χ4v) is 3.13. The minimum absolute atomic E-state index is 0.0118. The average Bonchev–Trinajstić information content (AvgIpc) is 3.00. The SMILES string of the molecule is CCCc1nc(CNC(=O)c2cc(=O)c3ccccc3o2)cs1. The molecule has 0 spiro atoms. The zero-order chi connectivity index (χ0) is 16.2. The summed E-state index contributed by atoms with van der Waals surface area (Å²) in [5.41, 5.74) is 0.995. The van der Waals surface area contributed by atoms with E-state index in [4.69, 9.17) is 4.42 Å². The molecule has 3 aromatic rings. The maximum Gasteiger partial charge on any atom is 0.287 e. The molecule has 5 nitrogen and oxygen atoms in total. The lowest BCUT2D eigenvalue weighted by Gasteiger charge is -2.04. The van der Waals surface area contributed by atoms with Gasteiger partial charge in [-0.2, -0.15) is 0 Å². The molecule has 0 saturated carbocycles. The Morgan fingerprint density at radius 1 is 1.35 bits per heavy atom. The molecular formula is C17H16N2O3S. The van der Waals surface area contributed by atoms with Crippen molar-refractivity contribution in [3.8, 4) is 0 Å². The van der Waals surface area contributed by atoms with Gasteiger partial charge in [0.05, 0.1) is 22.6 Å². The number of para-hydroxylation sites is 1. The molecule has 23 heavy (non-hydrogen) atoms. The number of rotatable bonds is 5. The number of amides is 1. The van der Waals surface area contributed by atoms with Gasteiger partial charge in [0.2, 0.25) is 0 Å². The van der Waals surface area contributed by atoms with Gasteiger partial charge in [0.1, 0.15) is 5.58 Å². The fraction of sp³-hybridized carbons (Fsp3) is 0.235. The van der Waals surface area contributed by atoms with Gasteiger partial charge in [-0.3, -0.25) is 9.59 Å². The number of aryl methyl sites for hydroxylation is 1. The molecule has 0 aliphatic heterocycles. The van der Waals surface area contributed by atoms with Crippen molar-refractivity contribution in [3.63, 3.8) is 0 Å². The molecule has 2 heterocycles. The van der Waals surface area contributed by atoms with Crippen LogP contribution < -0.4 is 10.7 Å². The summed E-state index contributed by atoms with van der Waals surface area (Å²) in [7, 11) is 0. The molecule has 1 N–H and O–H groups in total. The highest BCUT2D eigenvalue weighted by molar-refractivity contribution is 7.09. The van der Waals surface area contributed by atoms with E-state index in [1.165, 1.54) is 6.07 Å². The molecule has 0 aliphatic rings. The van der Waals surface area contributed by atoms with E-state index < -0.39 is 5.91 Å². The number of carbonyl (C=O) groups is 1. The van der Waals surface area contributed by atoms with E-state index in [1.807, 2.05) is 5.38 Å². The lowest BCUT2D eigenvalue weighted by Crippen LogP contribution is -2.24. The Morgan fingerprint density at radius 2 is 2.17 bits per heavy atom. The Bertz CT molecular complexity index is 898. The van der Waals surface area contributed by atoms with E-state index in [0.29, 0.717) is 17.5 Å². The van der Waals surface area contributed by atoms with Crippen LogP contribution in [0.5, 0.6) is 0 Å². The van der Waals surface area contributed by atoms with Gasteiger partial charge in [-0.1, -0.05) is 19.1 Å². The monoisotopic (exact) mass is 328 g/mol. The van der Waals surface area contributed by atoms with Crippen molar-refractivity contribution in [1.82, 2.24) is 10.3 Å². The highest BCUT2D eigenvalue weighted by Crippen LogP contribution is 2.13. The molecule has 0 atom stereocenters. The van der Waals surface area contributed by atoms with E-state index >= 15 is 0 Å². The largest absolute Gasteiger partial charge is 0.451 e. The van der Waals surface area contributed by atoms with Crippen LogP contribution in [0.15, 0.2) is 44.9 Å². The third kappa shape index (κ3) is 3.48. The van der Waals surface area contributed by atoms with Gasteiger partial charge in [-0.05, 0) is 25.0 Å². The quantitative estimate of drug-likeness (QED) is 0.781. The second-order valence-electron chi connectivity index (χ2n) is 5.14. The average molecular weight is 328 g/mol. The van der Waals surface area contributed by atoms with Gasteiger partial charge >= 0.3 is 0 Å². The minimum atomic E-state index is -0.419. The van der Waals surface area contributed by atoms with Crippen LogP contribution in [0.1, 0.15) is 34.6 Å². The van der Waals surface area contributed by atoms with Crippen molar-refractivity contribution in [2.24, 2.45) is 0 Å². The smallest absolute Gasteiger partial charge is 0.287 e. The summed E-state index contributed by atoms with van der Waals surface area (Å²) >= 11 is 1.59. The van der Waals surface area contributed by atoms with Gasteiger partial charge in [0.15, 0.2) is 11.2 Å². The third-order valence-corrected chi connectivity index (χ3v) is 4.31. The summed E-state index contributed by atoms with van der Waals surface area (Å²) < 4.78 is 5.51. The van der Waals surface area contributed by atoms with Crippen LogP contribution in [0.4, 0.5) is 0 Å². The number of nitrogens with one attached hydrogen (secondary N) is 1. The maximum absolute atomic E-state index is 12.2. The van der Waals surface area contributed by atoms with Gasteiger partial charge in [-0.25, -0.2) is 4.98 Å². The van der Waals surface area contributed by atoms with E-state index in [0.717, 1.165) is 23.5 Å². The van der Waals surface area contributed by atoms with Gasteiger partial charge in [0, 0.05) is 11.4 Å². The minimum Gasteiger partial charge on any atom is -0.451 e. The number of hydrogen-bond acceptors (Lipinski definition) is 5. The summed E-state index contributed by atoms with van der Waals surface area (Å²) in [5, 5.41) is 6.20. The number of hydrogen-bond donors (Lipinski definition) is 1. The second kappa shape index (κ2) is 6.75. The van der Waals surface area contributed by atoms with E-state index in [1.54, 1.807) is 35.6 Å². The Kier molecular flexibility index (Phi) is 4.52. The summed E-state index contributed by atoms with van der Waals surface area (Å²) in [6.07, 6.45) is 1.99. The molecule has 1 aromatic carbocycles. The Labute approximate surface area is 137 Å². The molecule has 0 unspecified atom stereocenters. The maximum atomic E-state index is 12.2. The third-order valence-electron chi connectivity index (χ3n) is 3.35. The number of nitrogens with zero attached hydrogens (tertiary/aromatic N) is 1. The predicted molar refractivity (Wildman–Crippen MR) is 89.8 cm³/mol. The summed E-state index contributed by atoms with van der Waals surface area (Å²) in [6.45, 7) is 2.42. The fourth-order valence-electron chi connectivity index (χ4n) is 2.23. The number of carbonyl (C=O) groups excluding carboxylic acids is 1. The number of benzene rings is 1. The van der Waals surface area contributed by atoms with Crippen LogP contribution in [0, 0.1) is 0 Å². The van der Waals surface area contributed by atoms with E-state index in [9.17, 15) is 9.59 Å². The van der Waals surface area contributed by atoms with Crippen LogP contribution in [0.3, 0.4) is 0 Å². The van der Waals surface area contributed by atoms with Crippen LogP contribution in [-0.2, 0) is 13.0 Å². The summed E-state index contributed by atoms with van der Waals surface area (Å²) in [4.78, 5) is 28.6. The summed E-state index contributed by atoms with van der Waals surface area (Å²) in [6, 6.07) is 8.09. The van der Waals surface area contributed by atoms with Gasteiger partial charge in [0.25, 0.3) is 5.91 Å². The molecule has 0 radical (unpaired) electrons. The Morgan fingerprint density at radius 3 is 3.00 bits per heavy atom. The Hall–Kier alpha value is -2.47. The number of aromatic nitrogens is 1. The first-order chi connectivity index (χ1) is 11.2. The van der Waals surface area contributed by atoms with Crippen LogP contribution in [-0.4, -0.2) is 10.9 Å². The lowest BCUT2D eigenvalue weighted by molar-refractivity contribution is 0.0923. The molecule has 0 saturated heterocycles. The number of thiazole rings is 1. The van der Waals surface area contributed by atoms with Crippen molar-refractivity contribution in [2.45, 2.75) is 26.3 Å². The molecule has 0 fully saturated rings. The van der Waals surface area contributed by atoms with Crippen molar-refractivity contribution in [3.05, 3.63) is 62.4 Å². The van der Waals surface area contributed by atoms with Crippen molar-refractivity contribution < 1.29 is 9.21 Å². The number of fused-ring (bicyclic) bond motifs is 1. The van der Waals surface area contributed by atoms with Crippen LogP contribution >= 0.6 is 11.3 Å². The van der Waals surface area contributed by atoms with Crippen LogP contribution in [0.25, 0.3) is 11.0 Å².